The standard InChI is InChI=1S/C9H20N2O/c1-9-5-3-4-7-11(9)10-6-8-12-2/h9-10H,3-8H2,1-2H3. The molecule has 0 aromatic rings. The molecule has 1 atom stereocenters. The quantitative estimate of drug-likeness (QED) is 0.641. The molecule has 0 amide bonds. The van der Waals surface area contributed by atoms with E-state index in [0.717, 1.165) is 13.2 Å². The summed E-state index contributed by atoms with van der Waals surface area (Å²) in [5, 5.41) is 2.34. The molecule has 0 bridgehead atoms. The van der Waals surface area contributed by atoms with Gasteiger partial charge in [0, 0.05) is 26.2 Å². The predicted octanol–water partition coefficient (Wildman–Crippen LogP) is 1.01. The highest BCUT2D eigenvalue weighted by Crippen LogP contribution is 2.13. The zero-order valence-electron chi connectivity index (χ0n) is 8.18. The normalized spacial score (nSPS) is 26.0. The van der Waals surface area contributed by atoms with Gasteiger partial charge in [0.15, 0.2) is 0 Å². The summed E-state index contributed by atoms with van der Waals surface area (Å²) >= 11 is 0. The van der Waals surface area contributed by atoms with Crippen LogP contribution in [0, 0.1) is 0 Å². The topological polar surface area (TPSA) is 24.5 Å². The third kappa shape index (κ3) is 3.09. The average Bonchev–Trinajstić information content (AvgIpc) is 2.09. The molecule has 1 aliphatic rings. The first-order valence-corrected chi connectivity index (χ1v) is 4.83. The van der Waals surface area contributed by atoms with Crippen LogP contribution in [0.4, 0.5) is 0 Å². The van der Waals surface area contributed by atoms with Gasteiger partial charge in [0.05, 0.1) is 6.61 Å². The van der Waals surface area contributed by atoms with Gasteiger partial charge in [-0.25, -0.2) is 5.01 Å². The molecule has 1 fully saturated rings. The van der Waals surface area contributed by atoms with Crippen molar-refractivity contribution in [1.29, 1.82) is 0 Å². The Morgan fingerprint density at radius 2 is 2.33 bits per heavy atom. The molecule has 1 heterocycles. The number of hydrazine groups is 1. The van der Waals surface area contributed by atoms with Crippen molar-refractivity contribution in [3.05, 3.63) is 0 Å². The molecule has 1 aliphatic heterocycles. The molecule has 1 rings (SSSR count). The van der Waals surface area contributed by atoms with E-state index in [9.17, 15) is 0 Å². The molecule has 12 heavy (non-hydrogen) atoms. The number of piperidine rings is 1. The lowest BCUT2D eigenvalue weighted by Crippen LogP contribution is -2.48. The summed E-state index contributed by atoms with van der Waals surface area (Å²) < 4.78 is 4.98. The van der Waals surface area contributed by atoms with E-state index in [2.05, 4.69) is 17.4 Å². The maximum absolute atomic E-state index is 4.98. The van der Waals surface area contributed by atoms with Crippen LogP contribution in [0.3, 0.4) is 0 Å². The van der Waals surface area contributed by atoms with Crippen molar-refractivity contribution in [2.24, 2.45) is 0 Å². The maximum Gasteiger partial charge on any atom is 0.0601 e. The van der Waals surface area contributed by atoms with Crippen molar-refractivity contribution in [2.45, 2.75) is 32.2 Å². The summed E-state index contributed by atoms with van der Waals surface area (Å²) in [5.41, 5.74) is 3.38. The number of hydrogen-bond acceptors (Lipinski definition) is 3. The Bertz CT molecular complexity index is 119. The van der Waals surface area contributed by atoms with Crippen LogP contribution in [0.25, 0.3) is 0 Å². The number of nitrogens with zero attached hydrogens (tertiary/aromatic N) is 1. The molecular formula is C9H20N2O. The first-order valence-electron chi connectivity index (χ1n) is 4.83. The molecule has 1 saturated heterocycles. The summed E-state index contributed by atoms with van der Waals surface area (Å²) in [6.45, 7) is 5.19. The van der Waals surface area contributed by atoms with E-state index in [1.807, 2.05) is 0 Å². The largest absolute Gasteiger partial charge is 0.383 e. The zero-order valence-corrected chi connectivity index (χ0v) is 8.18. The molecule has 0 saturated carbocycles. The van der Waals surface area contributed by atoms with E-state index in [1.54, 1.807) is 7.11 Å². The van der Waals surface area contributed by atoms with Gasteiger partial charge in [-0.15, -0.1) is 0 Å². The van der Waals surface area contributed by atoms with Crippen LogP contribution in [0.1, 0.15) is 26.2 Å². The van der Waals surface area contributed by atoms with Crippen molar-refractivity contribution in [2.75, 3.05) is 26.8 Å². The zero-order chi connectivity index (χ0) is 8.81. The van der Waals surface area contributed by atoms with E-state index >= 15 is 0 Å². The van der Waals surface area contributed by atoms with Gasteiger partial charge in [-0.3, -0.25) is 5.43 Å². The van der Waals surface area contributed by atoms with Crippen LogP contribution in [0.15, 0.2) is 0 Å². The van der Waals surface area contributed by atoms with Gasteiger partial charge in [-0.05, 0) is 19.8 Å². The van der Waals surface area contributed by atoms with Crippen molar-refractivity contribution >= 4 is 0 Å². The lowest BCUT2D eigenvalue weighted by molar-refractivity contribution is 0.0795. The Balaban J connectivity index is 2.11. The highest BCUT2D eigenvalue weighted by Gasteiger charge is 2.16. The van der Waals surface area contributed by atoms with E-state index in [0.29, 0.717) is 6.04 Å². The van der Waals surface area contributed by atoms with Gasteiger partial charge in [0.25, 0.3) is 0 Å². The minimum absolute atomic E-state index is 0.690. The number of hydrogen-bond donors (Lipinski definition) is 1. The molecule has 3 heteroatoms. The van der Waals surface area contributed by atoms with Crippen LogP contribution in [0.5, 0.6) is 0 Å². The maximum atomic E-state index is 4.98. The molecule has 0 aromatic heterocycles. The van der Waals surface area contributed by atoms with Crippen LogP contribution >= 0.6 is 0 Å². The Morgan fingerprint density at radius 1 is 1.50 bits per heavy atom. The molecule has 3 nitrogen and oxygen atoms in total. The summed E-state index contributed by atoms with van der Waals surface area (Å²) in [5.74, 6) is 0. The fourth-order valence-corrected chi connectivity index (χ4v) is 1.62. The second kappa shape index (κ2) is 5.51. The van der Waals surface area contributed by atoms with Crippen LogP contribution < -0.4 is 5.43 Å². The number of rotatable bonds is 4. The van der Waals surface area contributed by atoms with Gasteiger partial charge in [0.1, 0.15) is 0 Å². The monoisotopic (exact) mass is 172 g/mol. The van der Waals surface area contributed by atoms with Crippen molar-refractivity contribution in [3.63, 3.8) is 0 Å². The summed E-state index contributed by atoms with van der Waals surface area (Å²) in [6.07, 6.45) is 4.02. The Labute approximate surface area is 75.0 Å². The predicted molar refractivity (Wildman–Crippen MR) is 49.9 cm³/mol. The minimum atomic E-state index is 0.690. The average molecular weight is 172 g/mol. The van der Waals surface area contributed by atoms with Gasteiger partial charge in [-0.1, -0.05) is 6.42 Å². The lowest BCUT2D eigenvalue weighted by atomic mass is 10.1. The first-order chi connectivity index (χ1) is 5.84. The number of methoxy groups -OCH3 is 1. The van der Waals surface area contributed by atoms with E-state index in [-0.39, 0.29) is 0 Å². The molecule has 0 aliphatic carbocycles. The Morgan fingerprint density at radius 3 is 3.00 bits per heavy atom. The van der Waals surface area contributed by atoms with E-state index in [4.69, 9.17) is 4.74 Å². The van der Waals surface area contributed by atoms with Crippen LogP contribution in [-0.4, -0.2) is 37.9 Å². The highest BCUT2D eigenvalue weighted by atomic mass is 16.5. The van der Waals surface area contributed by atoms with Crippen molar-refractivity contribution < 1.29 is 4.74 Å². The second-order valence-electron chi connectivity index (χ2n) is 3.44. The van der Waals surface area contributed by atoms with Gasteiger partial charge < -0.3 is 4.74 Å². The Kier molecular flexibility index (Phi) is 4.58. The van der Waals surface area contributed by atoms with E-state index < -0.39 is 0 Å². The fraction of sp³-hybridized carbons (Fsp3) is 1.00. The van der Waals surface area contributed by atoms with Crippen LogP contribution in [0.2, 0.25) is 0 Å². The summed E-state index contributed by atoms with van der Waals surface area (Å²) in [6, 6.07) is 0.690. The lowest BCUT2D eigenvalue weighted by Gasteiger charge is -2.33. The van der Waals surface area contributed by atoms with Crippen molar-refractivity contribution in [1.82, 2.24) is 10.4 Å². The minimum Gasteiger partial charge on any atom is -0.383 e. The third-order valence-corrected chi connectivity index (χ3v) is 2.42. The van der Waals surface area contributed by atoms with Gasteiger partial charge in [-0.2, -0.15) is 0 Å². The second-order valence-corrected chi connectivity index (χ2v) is 3.44. The first kappa shape index (κ1) is 9.96. The third-order valence-electron chi connectivity index (χ3n) is 2.42. The molecule has 0 radical (unpaired) electrons. The molecule has 0 spiro atoms. The van der Waals surface area contributed by atoms with Gasteiger partial charge in [0.2, 0.25) is 0 Å². The van der Waals surface area contributed by atoms with Crippen LogP contribution in [-0.2, 0) is 4.74 Å². The molecule has 1 N–H and O–H groups in total. The highest BCUT2D eigenvalue weighted by molar-refractivity contribution is 4.69. The smallest absolute Gasteiger partial charge is 0.0601 e. The molecular weight excluding hydrogens is 152 g/mol. The van der Waals surface area contributed by atoms with E-state index in [1.165, 1.54) is 25.8 Å². The fourth-order valence-electron chi connectivity index (χ4n) is 1.62. The van der Waals surface area contributed by atoms with Crippen molar-refractivity contribution in [3.8, 4) is 0 Å². The SMILES string of the molecule is COCCNN1CCCCC1C. The molecule has 72 valence electrons. The molecule has 1 unspecified atom stereocenters. The summed E-state index contributed by atoms with van der Waals surface area (Å²) in [7, 11) is 1.74. The Hall–Kier alpha value is -0.120. The summed E-state index contributed by atoms with van der Waals surface area (Å²) in [4.78, 5) is 0. The number of nitrogens with one attached hydrogen (secondary N) is 1. The van der Waals surface area contributed by atoms with Gasteiger partial charge >= 0.3 is 0 Å². The number of ether oxygens (including phenoxy) is 1. The molecule has 0 aromatic carbocycles.